The summed E-state index contributed by atoms with van der Waals surface area (Å²) in [5.74, 6) is 1.69. The zero-order valence-electron chi connectivity index (χ0n) is 15.6. The number of nitrogens with one attached hydrogen (secondary N) is 1. The lowest BCUT2D eigenvalue weighted by atomic mass is 9.99. The van der Waals surface area contributed by atoms with Crippen molar-refractivity contribution in [2.24, 2.45) is 5.92 Å². The molecule has 2 aromatic heterocycles. The van der Waals surface area contributed by atoms with Gasteiger partial charge in [0.05, 0.1) is 5.69 Å². The Balaban J connectivity index is 1.45. The Hall–Kier alpha value is -2.45. The molecule has 1 saturated heterocycles. The number of nitrogens with zero attached hydrogens (tertiary/aromatic N) is 3. The summed E-state index contributed by atoms with van der Waals surface area (Å²) in [6.07, 6.45) is 2.37. The van der Waals surface area contributed by atoms with Crippen molar-refractivity contribution in [3.63, 3.8) is 0 Å². The minimum Gasteiger partial charge on any atom is -0.355 e. The maximum absolute atomic E-state index is 12.3. The Morgan fingerprint density at radius 3 is 2.39 bits per heavy atom. The SMILES string of the molecule is CC1CCN(c2ccc(-c3ccc(NS(=O)(=O)c4cccs4)cc3)nn2)CC1. The Morgan fingerprint density at radius 1 is 1.04 bits per heavy atom. The second-order valence-electron chi connectivity index (χ2n) is 7.06. The predicted octanol–water partition coefficient (Wildman–Crippen LogP) is 4.24. The van der Waals surface area contributed by atoms with Crippen LogP contribution in [-0.2, 0) is 10.0 Å². The van der Waals surface area contributed by atoms with Gasteiger partial charge in [0, 0.05) is 24.3 Å². The standard InChI is InChI=1S/C20H22N4O2S2/c1-15-10-12-24(13-11-15)19-9-8-18(21-22-19)16-4-6-17(7-5-16)23-28(25,26)20-3-2-14-27-20/h2-9,14-15,23H,10-13H2,1H3. The molecule has 0 saturated carbocycles. The topological polar surface area (TPSA) is 75.2 Å². The third kappa shape index (κ3) is 4.18. The zero-order valence-corrected chi connectivity index (χ0v) is 17.2. The third-order valence-corrected chi connectivity index (χ3v) is 7.73. The Morgan fingerprint density at radius 2 is 1.79 bits per heavy atom. The van der Waals surface area contributed by atoms with E-state index in [4.69, 9.17) is 0 Å². The van der Waals surface area contributed by atoms with E-state index in [0.717, 1.165) is 36.1 Å². The van der Waals surface area contributed by atoms with Crippen molar-refractivity contribution < 1.29 is 8.42 Å². The van der Waals surface area contributed by atoms with E-state index in [-0.39, 0.29) is 0 Å². The van der Waals surface area contributed by atoms with Crippen LogP contribution in [-0.4, -0.2) is 31.7 Å². The zero-order chi connectivity index (χ0) is 19.6. The molecule has 0 bridgehead atoms. The fourth-order valence-corrected chi connectivity index (χ4v) is 5.27. The summed E-state index contributed by atoms with van der Waals surface area (Å²) in [6, 6.07) is 14.4. The highest BCUT2D eigenvalue weighted by Gasteiger charge is 2.18. The van der Waals surface area contributed by atoms with Crippen LogP contribution in [0.3, 0.4) is 0 Å². The van der Waals surface area contributed by atoms with Gasteiger partial charge in [0.25, 0.3) is 10.0 Å². The first-order chi connectivity index (χ1) is 13.5. The molecule has 0 amide bonds. The van der Waals surface area contributed by atoms with Crippen LogP contribution in [0.25, 0.3) is 11.3 Å². The lowest BCUT2D eigenvalue weighted by Gasteiger charge is -2.30. The lowest BCUT2D eigenvalue weighted by molar-refractivity contribution is 0.436. The normalized spacial score (nSPS) is 15.5. The summed E-state index contributed by atoms with van der Waals surface area (Å²) in [5, 5.41) is 10.5. The van der Waals surface area contributed by atoms with E-state index in [1.165, 1.54) is 24.2 Å². The maximum Gasteiger partial charge on any atom is 0.271 e. The molecule has 0 spiro atoms. The first-order valence-corrected chi connectivity index (χ1v) is 11.6. The van der Waals surface area contributed by atoms with Gasteiger partial charge in [-0.15, -0.1) is 21.5 Å². The molecular formula is C20H22N4O2S2. The fraction of sp³-hybridized carbons (Fsp3) is 0.300. The quantitative estimate of drug-likeness (QED) is 0.676. The molecule has 0 unspecified atom stereocenters. The Labute approximate surface area is 169 Å². The van der Waals surface area contributed by atoms with Crippen LogP contribution in [0.4, 0.5) is 11.5 Å². The average molecular weight is 415 g/mol. The van der Waals surface area contributed by atoms with Gasteiger partial charge in [0.2, 0.25) is 0 Å². The second kappa shape index (κ2) is 7.89. The van der Waals surface area contributed by atoms with Crippen molar-refractivity contribution in [2.75, 3.05) is 22.7 Å². The summed E-state index contributed by atoms with van der Waals surface area (Å²) in [7, 11) is -3.53. The van der Waals surface area contributed by atoms with E-state index in [0.29, 0.717) is 9.90 Å². The number of benzene rings is 1. The smallest absolute Gasteiger partial charge is 0.271 e. The van der Waals surface area contributed by atoms with Gasteiger partial charge in [0.15, 0.2) is 5.82 Å². The Bertz CT molecular complexity index is 1010. The number of thiophene rings is 1. The predicted molar refractivity (Wildman–Crippen MR) is 113 cm³/mol. The summed E-state index contributed by atoms with van der Waals surface area (Å²) < 4.78 is 27.5. The van der Waals surface area contributed by atoms with Crippen LogP contribution in [0.5, 0.6) is 0 Å². The highest BCUT2D eigenvalue weighted by Crippen LogP contribution is 2.25. The van der Waals surface area contributed by atoms with E-state index < -0.39 is 10.0 Å². The van der Waals surface area contributed by atoms with Gasteiger partial charge in [-0.25, -0.2) is 8.42 Å². The van der Waals surface area contributed by atoms with Crippen molar-refractivity contribution in [2.45, 2.75) is 24.0 Å². The molecule has 1 N–H and O–H groups in total. The van der Waals surface area contributed by atoms with Crippen molar-refractivity contribution in [1.29, 1.82) is 0 Å². The minimum atomic E-state index is -3.53. The summed E-state index contributed by atoms with van der Waals surface area (Å²) in [5.41, 5.74) is 2.18. The molecule has 1 aliphatic heterocycles. The third-order valence-electron chi connectivity index (χ3n) is 4.95. The van der Waals surface area contributed by atoms with Crippen LogP contribution in [0.1, 0.15) is 19.8 Å². The molecule has 1 fully saturated rings. The molecule has 0 aliphatic carbocycles. The number of anilines is 2. The van der Waals surface area contributed by atoms with Crippen LogP contribution in [0.2, 0.25) is 0 Å². The van der Waals surface area contributed by atoms with E-state index in [1.807, 2.05) is 24.3 Å². The average Bonchev–Trinajstić information content (AvgIpc) is 3.25. The molecule has 1 aliphatic rings. The first-order valence-electron chi connectivity index (χ1n) is 9.27. The first kappa shape index (κ1) is 18.9. The maximum atomic E-state index is 12.3. The number of aromatic nitrogens is 2. The van der Waals surface area contributed by atoms with Crippen molar-refractivity contribution in [3.05, 3.63) is 53.9 Å². The fourth-order valence-electron chi connectivity index (χ4n) is 3.22. The van der Waals surface area contributed by atoms with Gasteiger partial charge in [-0.3, -0.25) is 4.72 Å². The molecule has 146 valence electrons. The highest BCUT2D eigenvalue weighted by atomic mass is 32.2. The van der Waals surface area contributed by atoms with Crippen molar-refractivity contribution in [1.82, 2.24) is 10.2 Å². The monoisotopic (exact) mass is 414 g/mol. The summed E-state index contributed by atoms with van der Waals surface area (Å²) >= 11 is 1.19. The van der Waals surface area contributed by atoms with E-state index in [9.17, 15) is 8.42 Å². The van der Waals surface area contributed by atoms with Gasteiger partial charge in [0.1, 0.15) is 4.21 Å². The van der Waals surface area contributed by atoms with Crippen LogP contribution >= 0.6 is 11.3 Å². The van der Waals surface area contributed by atoms with E-state index in [1.54, 1.807) is 29.6 Å². The number of hydrogen-bond donors (Lipinski definition) is 1. The molecule has 3 heterocycles. The minimum absolute atomic E-state index is 0.296. The molecule has 28 heavy (non-hydrogen) atoms. The van der Waals surface area contributed by atoms with Crippen LogP contribution in [0.15, 0.2) is 58.1 Å². The lowest BCUT2D eigenvalue weighted by Crippen LogP contribution is -2.33. The molecule has 0 atom stereocenters. The van der Waals surface area contributed by atoms with Gasteiger partial charge in [-0.1, -0.05) is 25.1 Å². The second-order valence-corrected chi connectivity index (χ2v) is 9.92. The number of hydrogen-bond acceptors (Lipinski definition) is 6. The van der Waals surface area contributed by atoms with Gasteiger partial charge >= 0.3 is 0 Å². The molecule has 0 radical (unpaired) electrons. The molecule has 3 aromatic rings. The Kier molecular flexibility index (Phi) is 5.32. The molecule has 1 aromatic carbocycles. The molecule has 4 rings (SSSR count). The largest absolute Gasteiger partial charge is 0.355 e. The summed E-state index contributed by atoms with van der Waals surface area (Å²) in [6.45, 7) is 4.33. The van der Waals surface area contributed by atoms with Gasteiger partial charge in [-0.2, -0.15) is 0 Å². The number of rotatable bonds is 5. The van der Waals surface area contributed by atoms with Gasteiger partial charge < -0.3 is 4.90 Å². The van der Waals surface area contributed by atoms with Gasteiger partial charge in [-0.05, 0) is 54.5 Å². The molecule has 8 heteroatoms. The number of piperidine rings is 1. The van der Waals surface area contributed by atoms with Crippen molar-refractivity contribution >= 4 is 32.9 Å². The van der Waals surface area contributed by atoms with Crippen LogP contribution in [0, 0.1) is 5.92 Å². The summed E-state index contributed by atoms with van der Waals surface area (Å²) in [4.78, 5) is 2.28. The molecular weight excluding hydrogens is 392 g/mol. The number of sulfonamides is 1. The van der Waals surface area contributed by atoms with E-state index in [2.05, 4.69) is 26.7 Å². The van der Waals surface area contributed by atoms with E-state index >= 15 is 0 Å². The highest BCUT2D eigenvalue weighted by molar-refractivity contribution is 7.94. The van der Waals surface area contributed by atoms with Crippen molar-refractivity contribution in [3.8, 4) is 11.3 Å². The molecule has 6 nitrogen and oxygen atoms in total. The van der Waals surface area contributed by atoms with Crippen LogP contribution < -0.4 is 9.62 Å².